The number of carbonyl (C=O) groups is 3. The van der Waals surface area contributed by atoms with Crippen LogP contribution in [-0.2, 0) is 9.59 Å². The molecule has 3 amide bonds. The minimum Gasteiger partial charge on any atom is -0.321 e. The molecule has 10 heteroatoms. The normalized spacial score (nSPS) is 11.8. The largest absolute Gasteiger partial charge is 0.321 e. The van der Waals surface area contributed by atoms with E-state index in [1.54, 1.807) is 61.5 Å². The van der Waals surface area contributed by atoms with Crippen LogP contribution in [0.3, 0.4) is 0 Å². The van der Waals surface area contributed by atoms with Crippen LogP contribution in [0.5, 0.6) is 0 Å². The highest BCUT2D eigenvalue weighted by Gasteiger charge is 2.17. The molecule has 40 heavy (non-hydrogen) atoms. The van der Waals surface area contributed by atoms with Gasteiger partial charge in [0.25, 0.3) is 11.8 Å². The fourth-order valence-corrected chi connectivity index (χ4v) is 4.66. The highest BCUT2D eigenvalue weighted by atomic mass is 79.9. The van der Waals surface area contributed by atoms with Gasteiger partial charge in [-0.2, -0.15) is 0 Å². The number of amides is 3. The Morgan fingerprint density at radius 1 is 0.900 bits per heavy atom. The first-order chi connectivity index (χ1) is 19.3. The standard InChI is InChI=1S/C30H24BrClN4O3S/c1-19(28(37)36-27-16-11-23(32)18-33-27)40-25-14-12-24(13-15-25)34-30(39)26(17-20-7-9-22(31)10-8-20)35-29(38)21-5-3-2-4-6-21/h2-19H,1H3,(H,34,39)(H,35,38)(H,33,36,37)/b26-17-. The van der Waals surface area contributed by atoms with Crippen LogP contribution in [0.4, 0.5) is 11.5 Å². The van der Waals surface area contributed by atoms with Gasteiger partial charge in [-0.1, -0.05) is 57.9 Å². The lowest BCUT2D eigenvalue weighted by molar-refractivity contribution is -0.115. The van der Waals surface area contributed by atoms with Crippen LogP contribution in [0.2, 0.25) is 5.02 Å². The molecule has 4 rings (SSSR count). The van der Waals surface area contributed by atoms with Crippen molar-refractivity contribution in [3.8, 4) is 0 Å². The molecular formula is C30H24BrClN4O3S. The highest BCUT2D eigenvalue weighted by Crippen LogP contribution is 2.26. The van der Waals surface area contributed by atoms with Crippen molar-refractivity contribution < 1.29 is 14.4 Å². The highest BCUT2D eigenvalue weighted by molar-refractivity contribution is 9.10. The van der Waals surface area contributed by atoms with E-state index in [4.69, 9.17) is 11.6 Å². The van der Waals surface area contributed by atoms with E-state index in [9.17, 15) is 14.4 Å². The van der Waals surface area contributed by atoms with Gasteiger partial charge in [-0.15, -0.1) is 11.8 Å². The lowest BCUT2D eigenvalue weighted by Gasteiger charge is -2.13. The summed E-state index contributed by atoms with van der Waals surface area (Å²) in [5, 5.41) is 8.41. The third-order valence-electron chi connectivity index (χ3n) is 5.48. The molecule has 0 aliphatic heterocycles. The predicted molar refractivity (Wildman–Crippen MR) is 164 cm³/mol. The van der Waals surface area contributed by atoms with Gasteiger partial charge in [0.2, 0.25) is 5.91 Å². The fourth-order valence-electron chi connectivity index (χ4n) is 3.42. The van der Waals surface area contributed by atoms with Crippen molar-refractivity contribution in [2.24, 2.45) is 0 Å². The third kappa shape index (κ3) is 8.54. The summed E-state index contributed by atoms with van der Waals surface area (Å²) in [4.78, 5) is 43.5. The van der Waals surface area contributed by atoms with Gasteiger partial charge in [0, 0.05) is 26.8 Å². The maximum absolute atomic E-state index is 13.2. The average Bonchev–Trinajstić information content (AvgIpc) is 2.96. The first kappa shape index (κ1) is 29.1. The average molecular weight is 636 g/mol. The Balaban J connectivity index is 1.42. The second kappa shape index (κ2) is 13.9. The number of aromatic nitrogens is 1. The molecule has 0 aliphatic rings. The number of nitrogens with one attached hydrogen (secondary N) is 3. The Labute approximate surface area is 249 Å². The molecule has 0 spiro atoms. The van der Waals surface area contributed by atoms with Crippen LogP contribution in [0.15, 0.2) is 112 Å². The van der Waals surface area contributed by atoms with Gasteiger partial charge in [0.15, 0.2) is 0 Å². The molecule has 3 N–H and O–H groups in total. The Kier molecular flexibility index (Phi) is 10.1. The molecule has 0 bridgehead atoms. The number of halogens is 2. The first-order valence-electron chi connectivity index (χ1n) is 12.1. The first-order valence-corrected chi connectivity index (χ1v) is 14.2. The molecule has 3 aromatic carbocycles. The number of hydrogen-bond donors (Lipinski definition) is 3. The Hall–Kier alpha value is -3.92. The summed E-state index contributed by atoms with van der Waals surface area (Å²) < 4.78 is 0.898. The van der Waals surface area contributed by atoms with Crippen LogP contribution < -0.4 is 16.0 Å². The zero-order chi connectivity index (χ0) is 28.5. The van der Waals surface area contributed by atoms with Gasteiger partial charge >= 0.3 is 0 Å². The van der Waals surface area contributed by atoms with E-state index in [1.807, 2.05) is 42.5 Å². The summed E-state index contributed by atoms with van der Waals surface area (Å²) in [5.41, 5.74) is 1.81. The second-order valence-electron chi connectivity index (χ2n) is 8.52. The lowest BCUT2D eigenvalue weighted by atomic mass is 10.1. The zero-order valence-electron chi connectivity index (χ0n) is 21.2. The number of carbonyl (C=O) groups excluding carboxylic acids is 3. The fraction of sp³-hybridized carbons (Fsp3) is 0.0667. The van der Waals surface area contributed by atoms with E-state index in [2.05, 4.69) is 36.9 Å². The second-order valence-corrected chi connectivity index (χ2v) is 11.3. The molecule has 1 aromatic heterocycles. The number of benzene rings is 3. The molecule has 1 unspecified atom stereocenters. The maximum atomic E-state index is 13.2. The van der Waals surface area contributed by atoms with Crippen molar-refractivity contribution >= 4 is 74.6 Å². The maximum Gasteiger partial charge on any atom is 0.272 e. The van der Waals surface area contributed by atoms with Gasteiger partial charge in [0.1, 0.15) is 11.5 Å². The molecule has 0 saturated carbocycles. The molecule has 202 valence electrons. The van der Waals surface area contributed by atoms with Gasteiger partial charge in [-0.05, 0) is 79.2 Å². The van der Waals surface area contributed by atoms with Crippen molar-refractivity contribution in [1.82, 2.24) is 10.3 Å². The van der Waals surface area contributed by atoms with E-state index >= 15 is 0 Å². The lowest BCUT2D eigenvalue weighted by Crippen LogP contribution is -2.30. The summed E-state index contributed by atoms with van der Waals surface area (Å²) in [6.07, 6.45) is 3.08. The number of thioether (sulfide) groups is 1. The Morgan fingerprint density at radius 2 is 1.60 bits per heavy atom. The summed E-state index contributed by atoms with van der Waals surface area (Å²) in [6.45, 7) is 1.79. The van der Waals surface area contributed by atoms with Gasteiger partial charge < -0.3 is 16.0 Å². The third-order valence-corrected chi connectivity index (χ3v) is 7.35. The van der Waals surface area contributed by atoms with Crippen LogP contribution in [0, 0.1) is 0 Å². The Morgan fingerprint density at radius 3 is 2.25 bits per heavy atom. The van der Waals surface area contributed by atoms with E-state index in [0.29, 0.717) is 22.1 Å². The number of hydrogen-bond acceptors (Lipinski definition) is 5. The van der Waals surface area contributed by atoms with E-state index < -0.39 is 17.1 Å². The topological polar surface area (TPSA) is 100 Å². The van der Waals surface area contributed by atoms with Crippen molar-refractivity contribution in [2.45, 2.75) is 17.1 Å². The number of anilines is 2. The summed E-state index contributed by atoms with van der Waals surface area (Å²) in [7, 11) is 0. The molecule has 0 radical (unpaired) electrons. The molecule has 0 saturated heterocycles. The van der Waals surface area contributed by atoms with Crippen LogP contribution in [-0.4, -0.2) is 28.0 Å². The smallest absolute Gasteiger partial charge is 0.272 e. The molecule has 7 nitrogen and oxygen atoms in total. The molecule has 4 aromatic rings. The zero-order valence-corrected chi connectivity index (χ0v) is 24.4. The number of rotatable bonds is 9. The van der Waals surface area contributed by atoms with Gasteiger partial charge in [-0.3, -0.25) is 14.4 Å². The number of nitrogens with zero attached hydrogens (tertiary/aromatic N) is 1. The minimum atomic E-state index is -0.476. The van der Waals surface area contributed by atoms with E-state index in [1.165, 1.54) is 18.0 Å². The van der Waals surface area contributed by atoms with E-state index in [0.717, 1.165) is 14.9 Å². The Bertz CT molecular complexity index is 1510. The van der Waals surface area contributed by atoms with Gasteiger partial charge in [-0.25, -0.2) is 4.98 Å². The monoisotopic (exact) mass is 634 g/mol. The van der Waals surface area contributed by atoms with Crippen LogP contribution >= 0.6 is 39.3 Å². The van der Waals surface area contributed by atoms with Crippen LogP contribution in [0.1, 0.15) is 22.8 Å². The molecular weight excluding hydrogens is 612 g/mol. The summed E-state index contributed by atoms with van der Waals surface area (Å²) in [5.74, 6) is -0.650. The molecule has 1 heterocycles. The van der Waals surface area contributed by atoms with Crippen molar-refractivity contribution in [3.63, 3.8) is 0 Å². The van der Waals surface area contributed by atoms with Crippen LogP contribution in [0.25, 0.3) is 6.08 Å². The number of pyridine rings is 1. The van der Waals surface area contributed by atoms with Crippen molar-refractivity contribution in [2.75, 3.05) is 10.6 Å². The van der Waals surface area contributed by atoms with E-state index in [-0.39, 0.29) is 11.6 Å². The molecule has 0 fully saturated rings. The van der Waals surface area contributed by atoms with Crippen molar-refractivity contribution in [1.29, 1.82) is 0 Å². The molecule has 0 aliphatic carbocycles. The summed E-state index contributed by atoms with van der Waals surface area (Å²) >= 11 is 10.6. The molecule has 1 atom stereocenters. The van der Waals surface area contributed by atoms with Gasteiger partial charge in [0.05, 0.1) is 10.3 Å². The quantitative estimate of drug-likeness (QED) is 0.136. The minimum absolute atomic E-state index is 0.0933. The SMILES string of the molecule is CC(Sc1ccc(NC(=O)/C(=C/c2ccc(Br)cc2)NC(=O)c2ccccc2)cc1)C(=O)Nc1ccc(Cl)cn1. The summed E-state index contributed by atoms with van der Waals surface area (Å²) in [6, 6.07) is 26.4. The predicted octanol–water partition coefficient (Wildman–Crippen LogP) is 7.03. The van der Waals surface area contributed by atoms with Crippen molar-refractivity contribution in [3.05, 3.63) is 124 Å².